The van der Waals surface area contributed by atoms with Crippen LogP contribution in [0, 0.1) is 5.92 Å². The molecular formula is C14H31N3O3S. The Morgan fingerprint density at radius 3 is 2.52 bits per heavy atom. The van der Waals surface area contributed by atoms with Gasteiger partial charge < -0.3 is 10.1 Å². The van der Waals surface area contributed by atoms with Crippen molar-refractivity contribution in [1.29, 1.82) is 0 Å². The number of hydrogen-bond donors (Lipinski definition) is 2. The SMILES string of the molecule is CCCNCC1CCN(S(=O)(=O)NCC(C)OCC)CC1. The molecule has 0 radical (unpaired) electrons. The molecule has 0 aliphatic carbocycles. The number of nitrogens with one attached hydrogen (secondary N) is 2. The first-order valence-corrected chi connectivity index (χ1v) is 9.50. The van der Waals surface area contributed by atoms with Gasteiger partial charge in [0.15, 0.2) is 0 Å². The molecule has 6 nitrogen and oxygen atoms in total. The fraction of sp³-hybridized carbons (Fsp3) is 1.00. The minimum absolute atomic E-state index is 0.0967. The van der Waals surface area contributed by atoms with E-state index in [-0.39, 0.29) is 6.10 Å². The molecule has 126 valence electrons. The molecule has 0 aromatic carbocycles. The van der Waals surface area contributed by atoms with E-state index in [0.29, 0.717) is 32.2 Å². The predicted molar refractivity (Wildman–Crippen MR) is 85.5 cm³/mol. The largest absolute Gasteiger partial charge is 0.377 e. The molecule has 1 rings (SSSR count). The Balaban J connectivity index is 2.31. The first-order chi connectivity index (χ1) is 9.99. The maximum Gasteiger partial charge on any atom is 0.279 e. The first-order valence-electron chi connectivity index (χ1n) is 8.06. The quantitative estimate of drug-likeness (QED) is 0.588. The van der Waals surface area contributed by atoms with Crippen molar-refractivity contribution in [3.63, 3.8) is 0 Å². The Morgan fingerprint density at radius 1 is 1.29 bits per heavy atom. The van der Waals surface area contributed by atoms with Crippen LogP contribution in [0.15, 0.2) is 0 Å². The zero-order valence-electron chi connectivity index (χ0n) is 13.6. The first kappa shape index (κ1) is 18.8. The molecule has 1 saturated heterocycles. The second kappa shape index (κ2) is 9.74. The summed E-state index contributed by atoms with van der Waals surface area (Å²) >= 11 is 0. The number of hydrogen-bond acceptors (Lipinski definition) is 4. The fourth-order valence-electron chi connectivity index (χ4n) is 2.49. The van der Waals surface area contributed by atoms with Crippen molar-refractivity contribution in [2.75, 3.05) is 39.3 Å². The zero-order valence-corrected chi connectivity index (χ0v) is 14.4. The van der Waals surface area contributed by atoms with Crippen LogP contribution in [0.5, 0.6) is 0 Å². The van der Waals surface area contributed by atoms with E-state index >= 15 is 0 Å². The molecule has 0 aromatic heterocycles. The molecule has 21 heavy (non-hydrogen) atoms. The number of rotatable bonds is 10. The van der Waals surface area contributed by atoms with E-state index in [1.807, 2.05) is 13.8 Å². The normalized spacial score (nSPS) is 19.8. The molecule has 1 atom stereocenters. The lowest BCUT2D eigenvalue weighted by Crippen LogP contribution is -2.47. The van der Waals surface area contributed by atoms with E-state index in [4.69, 9.17) is 4.74 Å². The van der Waals surface area contributed by atoms with Crippen molar-refractivity contribution >= 4 is 10.2 Å². The van der Waals surface area contributed by atoms with Crippen molar-refractivity contribution in [3.05, 3.63) is 0 Å². The monoisotopic (exact) mass is 321 g/mol. The van der Waals surface area contributed by atoms with Crippen LogP contribution in [0.4, 0.5) is 0 Å². The Hall–Kier alpha value is -0.210. The third-order valence-corrected chi connectivity index (χ3v) is 5.35. The summed E-state index contributed by atoms with van der Waals surface area (Å²) in [7, 11) is -3.36. The number of nitrogens with zero attached hydrogens (tertiary/aromatic N) is 1. The smallest absolute Gasteiger partial charge is 0.279 e. The van der Waals surface area contributed by atoms with Gasteiger partial charge in [0.05, 0.1) is 6.10 Å². The van der Waals surface area contributed by atoms with Crippen LogP contribution in [0.25, 0.3) is 0 Å². The van der Waals surface area contributed by atoms with Crippen LogP contribution in [-0.4, -0.2) is 58.2 Å². The standard InChI is InChI=1S/C14H31N3O3S/c1-4-8-15-12-14-6-9-17(10-7-14)21(18,19)16-11-13(3)20-5-2/h13-16H,4-12H2,1-3H3. The van der Waals surface area contributed by atoms with E-state index in [2.05, 4.69) is 17.0 Å². The van der Waals surface area contributed by atoms with E-state index in [1.165, 1.54) is 0 Å². The topological polar surface area (TPSA) is 70.7 Å². The lowest BCUT2D eigenvalue weighted by atomic mass is 9.98. The summed E-state index contributed by atoms with van der Waals surface area (Å²) in [6.07, 6.45) is 2.90. The van der Waals surface area contributed by atoms with Gasteiger partial charge in [-0.05, 0) is 52.1 Å². The highest BCUT2D eigenvalue weighted by Gasteiger charge is 2.27. The van der Waals surface area contributed by atoms with Crippen molar-refractivity contribution in [2.45, 2.75) is 46.1 Å². The summed E-state index contributed by atoms with van der Waals surface area (Å²) in [5.74, 6) is 0.588. The second-order valence-electron chi connectivity index (χ2n) is 5.67. The number of ether oxygens (including phenoxy) is 1. The Labute approximate surface area is 129 Å². The fourth-order valence-corrected chi connectivity index (χ4v) is 3.81. The molecule has 1 aliphatic heterocycles. The van der Waals surface area contributed by atoms with Gasteiger partial charge in [-0.15, -0.1) is 0 Å². The van der Waals surface area contributed by atoms with Crippen LogP contribution in [0.3, 0.4) is 0 Å². The van der Waals surface area contributed by atoms with Gasteiger partial charge in [0.1, 0.15) is 0 Å². The van der Waals surface area contributed by atoms with Crippen LogP contribution in [-0.2, 0) is 14.9 Å². The molecule has 0 amide bonds. The van der Waals surface area contributed by atoms with Gasteiger partial charge in [-0.25, -0.2) is 0 Å². The van der Waals surface area contributed by atoms with Gasteiger partial charge in [0, 0.05) is 26.2 Å². The lowest BCUT2D eigenvalue weighted by Gasteiger charge is -2.31. The molecule has 1 aliphatic rings. The van der Waals surface area contributed by atoms with Crippen molar-refractivity contribution < 1.29 is 13.2 Å². The summed E-state index contributed by atoms with van der Waals surface area (Å²) in [5.41, 5.74) is 0. The summed E-state index contributed by atoms with van der Waals surface area (Å²) < 4.78 is 33.9. The number of piperidine rings is 1. The Kier molecular flexibility index (Phi) is 8.73. The van der Waals surface area contributed by atoms with E-state index in [9.17, 15) is 8.42 Å². The van der Waals surface area contributed by atoms with Crippen molar-refractivity contribution in [2.24, 2.45) is 5.92 Å². The molecule has 1 fully saturated rings. The molecule has 1 heterocycles. The maximum absolute atomic E-state index is 12.2. The van der Waals surface area contributed by atoms with E-state index in [1.54, 1.807) is 4.31 Å². The van der Waals surface area contributed by atoms with Gasteiger partial charge in [-0.1, -0.05) is 6.92 Å². The molecule has 1 unspecified atom stereocenters. The molecule has 0 spiro atoms. The minimum atomic E-state index is -3.36. The minimum Gasteiger partial charge on any atom is -0.377 e. The average Bonchev–Trinajstić information content (AvgIpc) is 2.46. The van der Waals surface area contributed by atoms with Crippen LogP contribution >= 0.6 is 0 Å². The zero-order chi connectivity index (χ0) is 15.7. The molecule has 2 N–H and O–H groups in total. The summed E-state index contributed by atoms with van der Waals surface area (Å²) in [5, 5.41) is 3.41. The van der Waals surface area contributed by atoms with Gasteiger partial charge in [0.25, 0.3) is 10.2 Å². The average molecular weight is 321 g/mol. The van der Waals surface area contributed by atoms with Gasteiger partial charge in [-0.2, -0.15) is 17.4 Å². The van der Waals surface area contributed by atoms with Gasteiger partial charge in [-0.3, -0.25) is 0 Å². The predicted octanol–water partition coefficient (Wildman–Crippen LogP) is 0.957. The summed E-state index contributed by atoms with van der Waals surface area (Å²) in [4.78, 5) is 0. The second-order valence-corrected chi connectivity index (χ2v) is 7.42. The van der Waals surface area contributed by atoms with Crippen LogP contribution < -0.4 is 10.0 Å². The molecule has 0 bridgehead atoms. The highest BCUT2D eigenvalue weighted by molar-refractivity contribution is 7.87. The van der Waals surface area contributed by atoms with Crippen LogP contribution in [0.2, 0.25) is 0 Å². The van der Waals surface area contributed by atoms with Gasteiger partial charge >= 0.3 is 0 Å². The molecule has 7 heteroatoms. The lowest BCUT2D eigenvalue weighted by molar-refractivity contribution is 0.0795. The molecule has 0 aromatic rings. The van der Waals surface area contributed by atoms with Crippen molar-refractivity contribution in [1.82, 2.24) is 14.3 Å². The third-order valence-electron chi connectivity index (χ3n) is 3.78. The summed E-state index contributed by atoms with van der Waals surface area (Å²) in [6, 6.07) is 0. The Bertz CT molecular complexity index is 368. The maximum atomic E-state index is 12.2. The molecular weight excluding hydrogens is 290 g/mol. The van der Waals surface area contributed by atoms with E-state index in [0.717, 1.165) is 32.4 Å². The highest BCUT2D eigenvalue weighted by Crippen LogP contribution is 2.18. The van der Waals surface area contributed by atoms with Gasteiger partial charge in [0.2, 0.25) is 0 Å². The van der Waals surface area contributed by atoms with Crippen molar-refractivity contribution in [3.8, 4) is 0 Å². The molecule has 0 saturated carbocycles. The Morgan fingerprint density at radius 2 is 1.95 bits per heavy atom. The van der Waals surface area contributed by atoms with E-state index < -0.39 is 10.2 Å². The third kappa shape index (κ3) is 7.06. The summed E-state index contributed by atoms with van der Waals surface area (Å²) in [6.45, 7) is 10.1. The highest BCUT2D eigenvalue weighted by atomic mass is 32.2. The van der Waals surface area contributed by atoms with Crippen LogP contribution in [0.1, 0.15) is 40.0 Å².